The molecule has 0 unspecified atom stereocenters. The van der Waals surface area contributed by atoms with E-state index in [1.54, 1.807) is 31.2 Å². The van der Waals surface area contributed by atoms with Gasteiger partial charge in [0.05, 0.1) is 21.0 Å². The molecule has 3 N–H and O–H groups in total. The van der Waals surface area contributed by atoms with Crippen molar-refractivity contribution in [1.29, 1.82) is 0 Å². The fourth-order valence-electron chi connectivity index (χ4n) is 2.81. The summed E-state index contributed by atoms with van der Waals surface area (Å²) in [6.45, 7) is 4.23. The molecular formula is C19H17BrN8O3S. The molecule has 0 radical (unpaired) electrons. The number of halogens is 1. The van der Waals surface area contributed by atoms with E-state index in [0.29, 0.717) is 29.3 Å². The molecule has 11 nitrogen and oxygen atoms in total. The zero-order chi connectivity index (χ0) is 22.7. The van der Waals surface area contributed by atoms with E-state index in [1.165, 1.54) is 16.0 Å². The number of nitrogens with one attached hydrogen (secondary N) is 1. The van der Waals surface area contributed by atoms with Crippen molar-refractivity contribution in [1.82, 2.24) is 30.7 Å². The molecule has 1 amide bonds. The summed E-state index contributed by atoms with van der Waals surface area (Å²) in [5, 5.41) is 19.6. The molecule has 0 spiro atoms. The molecule has 0 aliphatic rings. The maximum absolute atomic E-state index is 13.0. The third kappa shape index (κ3) is 4.38. The van der Waals surface area contributed by atoms with Crippen LogP contribution in [0.15, 0.2) is 49.9 Å². The monoisotopic (exact) mass is 516 g/mol. The van der Waals surface area contributed by atoms with Crippen LogP contribution in [0.5, 0.6) is 5.75 Å². The average molecular weight is 517 g/mol. The lowest BCUT2D eigenvalue weighted by atomic mass is 10.1. The number of ether oxygens (including phenoxy) is 1. The van der Waals surface area contributed by atoms with Crippen LogP contribution in [0.25, 0.3) is 17.1 Å². The molecule has 164 valence electrons. The molecule has 4 aromatic rings. The van der Waals surface area contributed by atoms with Crippen LogP contribution < -0.4 is 15.9 Å². The van der Waals surface area contributed by atoms with Gasteiger partial charge in [-0.15, -0.1) is 16.4 Å². The molecule has 0 atom stereocenters. The molecule has 13 heteroatoms. The Morgan fingerprint density at radius 3 is 2.69 bits per heavy atom. The minimum absolute atomic E-state index is 0.00572. The summed E-state index contributed by atoms with van der Waals surface area (Å²) in [6, 6.07) is 10.9. The van der Waals surface area contributed by atoms with Gasteiger partial charge in [-0.2, -0.15) is 9.78 Å². The molecule has 3 aromatic heterocycles. The van der Waals surface area contributed by atoms with E-state index < -0.39 is 5.91 Å². The zero-order valence-electron chi connectivity index (χ0n) is 16.9. The smallest absolute Gasteiger partial charge is 0.294 e. The van der Waals surface area contributed by atoms with E-state index in [2.05, 4.69) is 51.7 Å². The number of hydrazone groups is 1. The summed E-state index contributed by atoms with van der Waals surface area (Å²) in [6.07, 6.45) is 0. The van der Waals surface area contributed by atoms with Crippen LogP contribution in [0.3, 0.4) is 0 Å². The third-order valence-electron chi connectivity index (χ3n) is 4.28. The first kappa shape index (κ1) is 21.6. The number of carbonyl (C=O) groups is 1. The van der Waals surface area contributed by atoms with Gasteiger partial charge in [0.15, 0.2) is 5.69 Å². The first-order valence-electron chi connectivity index (χ1n) is 9.35. The second-order valence-corrected chi connectivity index (χ2v) is 8.83. The number of hydrogen-bond donors (Lipinski definition) is 2. The van der Waals surface area contributed by atoms with Gasteiger partial charge in [0.1, 0.15) is 11.4 Å². The number of nitrogen functional groups attached to an aromatic ring is 1. The lowest BCUT2D eigenvalue weighted by Gasteiger charge is -2.08. The number of thiophene rings is 1. The number of hydrogen-bond acceptors (Lipinski definition) is 10. The van der Waals surface area contributed by atoms with Crippen LogP contribution in [0.4, 0.5) is 5.82 Å². The van der Waals surface area contributed by atoms with Crippen molar-refractivity contribution in [2.75, 3.05) is 12.3 Å². The van der Waals surface area contributed by atoms with Crippen molar-refractivity contribution >= 4 is 44.7 Å². The van der Waals surface area contributed by atoms with Crippen molar-refractivity contribution < 1.29 is 14.2 Å². The highest BCUT2D eigenvalue weighted by Crippen LogP contribution is 2.28. The predicted molar refractivity (Wildman–Crippen MR) is 122 cm³/mol. The molecule has 0 saturated carbocycles. The summed E-state index contributed by atoms with van der Waals surface area (Å²) >= 11 is 4.92. The largest absolute Gasteiger partial charge is 0.494 e. The van der Waals surface area contributed by atoms with E-state index in [-0.39, 0.29) is 17.3 Å². The van der Waals surface area contributed by atoms with Crippen molar-refractivity contribution in [2.45, 2.75) is 13.8 Å². The van der Waals surface area contributed by atoms with Crippen molar-refractivity contribution in [3.63, 3.8) is 0 Å². The quantitative estimate of drug-likeness (QED) is 0.281. The molecule has 0 aliphatic heterocycles. The van der Waals surface area contributed by atoms with Crippen molar-refractivity contribution in [2.24, 2.45) is 5.10 Å². The number of aromatic nitrogens is 5. The minimum Gasteiger partial charge on any atom is -0.494 e. The van der Waals surface area contributed by atoms with E-state index >= 15 is 0 Å². The van der Waals surface area contributed by atoms with Crippen LogP contribution in [0, 0.1) is 0 Å². The highest BCUT2D eigenvalue weighted by atomic mass is 79.9. The van der Waals surface area contributed by atoms with Gasteiger partial charge in [0.2, 0.25) is 11.6 Å². The Bertz CT molecular complexity index is 1280. The third-order valence-corrected chi connectivity index (χ3v) is 6.01. The number of anilines is 1. The Morgan fingerprint density at radius 1 is 1.28 bits per heavy atom. The predicted octanol–water partition coefficient (Wildman–Crippen LogP) is 3.28. The van der Waals surface area contributed by atoms with Gasteiger partial charge in [0, 0.05) is 5.56 Å². The van der Waals surface area contributed by atoms with Crippen LogP contribution in [-0.2, 0) is 0 Å². The average Bonchev–Trinajstić information content (AvgIpc) is 3.52. The van der Waals surface area contributed by atoms with Gasteiger partial charge in [-0.05, 0) is 76.5 Å². The van der Waals surface area contributed by atoms with Gasteiger partial charge < -0.3 is 10.5 Å². The fraction of sp³-hybridized carbons (Fsp3) is 0.158. The van der Waals surface area contributed by atoms with Crippen LogP contribution in [0.2, 0.25) is 0 Å². The van der Waals surface area contributed by atoms with Crippen molar-refractivity contribution in [3.05, 3.63) is 50.8 Å². The topological polar surface area (TPSA) is 146 Å². The van der Waals surface area contributed by atoms with Gasteiger partial charge >= 0.3 is 0 Å². The fourth-order valence-corrected chi connectivity index (χ4v) is 4.14. The van der Waals surface area contributed by atoms with Crippen LogP contribution in [-0.4, -0.2) is 43.5 Å². The van der Waals surface area contributed by atoms with Gasteiger partial charge in [0.25, 0.3) is 5.91 Å². The number of nitrogens with zero attached hydrogens (tertiary/aromatic N) is 6. The van der Waals surface area contributed by atoms with Crippen LogP contribution >= 0.6 is 27.3 Å². The molecule has 3 heterocycles. The van der Waals surface area contributed by atoms with E-state index in [9.17, 15) is 4.79 Å². The van der Waals surface area contributed by atoms with Crippen molar-refractivity contribution in [3.8, 4) is 22.8 Å². The Hall–Kier alpha value is -3.58. The van der Waals surface area contributed by atoms with Gasteiger partial charge in [-0.25, -0.2) is 10.1 Å². The second kappa shape index (κ2) is 9.28. The van der Waals surface area contributed by atoms with Gasteiger partial charge in [-0.3, -0.25) is 4.79 Å². The standard InChI is InChI=1S/C19H17BrN8O3S/c1-3-30-12-6-4-11(5-7-12)16-15(23-27-28(16)18-17(21)25-31-26-18)19(29)24-22-10(2)13-8-9-14(20)32-13/h4-9H,3H2,1-2H3,(H2,21,25)(H,24,29). The molecule has 4 rings (SSSR count). The lowest BCUT2D eigenvalue weighted by molar-refractivity contribution is 0.0950. The zero-order valence-corrected chi connectivity index (χ0v) is 19.3. The Balaban J connectivity index is 1.71. The maximum atomic E-state index is 13.0. The number of carbonyl (C=O) groups excluding carboxylic acids is 1. The Morgan fingerprint density at radius 2 is 2.06 bits per heavy atom. The van der Waals surface area contributed by atoms with E-state index in [0.717, 1.165) is 8.66 Å². The lowest BCUT2D eigenvalue weighted by Crippen LogP contribution is -2.20. The molecule has 32 heavy (non-hydrogen) atoms. The summed E-state index contributed by atoms with van der Waals surface area (Å²) in [4.78, 5) is 13.9. The highest BCUT2D eigenvalue weighted by molar-refractivity contribution is 9.11. The van der Waals surface area contributed by atoms with Gasteiger partial charge in [-0.1, -0.05) is 5.21 Å². The summed E-state index contributed by atoms with van der Waals surface area (Å²) in [5.41, 5.74) is 10.0. The Kier molecular flexibility index (Phi) is 6.28. The normalized spacial score (nSPS) is 11.5. The second-order valence-electron chi connectivity index (χ2n) is 6.37. The Labute approximate surface area is 194 Å². The SMILES string of the molecule is CCOc1ccc(-c2c(C(=O)NN=C(C)c3ccc(Br)s3)nnn2-c2nonc2N)cc1. The summed E-state index contributed by atoms with van der Waals surface area (Å²) in [5.74, 6) is 0.256. The molecule has 1 aromatic carbocycles. The number of benzene rings is 1. The highest BCUT2D eigenvalue weighted by Gasteiger charge is 2.25. The van der Waals surface area contributed by atoms with E-state index in [1.807, 2.05) is 19.1 Å². The number of rotatable bonds is 7. The summed E-state index contributed by atoms with van der Waals surface area (Å²) in [7, 11) is 0. The minimum atomic E-state index is -0.551. The summed E-state index contributed by atoms with van der Waals surface area (Å²) < 4.78 is 12.4. The van der Waals surface area contributed by atoms with E-state index in [4.69, 9.17) is 10.5 Å². The molecule has 0 saturated heterocycles. The molecule has 0 fully saturated rings. The first-order valence-corrected chi connectivity index (χ1v) is 11.0. The maximum Gasteiger partial charge on any atom is 0.294 e. The number of nitrogens with two attached hydrogens (primary N) is 1. The first-order chi connectivity index (χ1) is 15.5. The molecule has 0 aliphatic carbocycles. The van der Waals surface area contributed by atoms with Crippen LogP contribution in [0.1, 0.15) is 29.2 Å². The number of amides is 1. The molecular weight excluding hydrogens is 500 g/mol. The molecule has 0 bridgehead atoms.